The first-order valence-electron chi connectivity index (χ1n) is 7.53. The van der Waals surface area contributed by atoms with Gasteiger partial charge in [0.2, 0.25) is 0 Å². The summed E-state index contributed by atoms with van der Waals surface area (Å²) in [4.78, 5) is 15.3. The van der Waals surface area contributed by atoms with Crippen LogP contribution in [0.25, 0.3) is 10.9 Å². The molecule has 3 rings (SSSR count). The summed E-state index contributed by atoms with van der Waals surface area (Å²) in [6.07, 6.45) is 2.50. The molecule has 1 amide bonds. The van der Waals surface area contributed by atoms with Crippen molar-refractivity contribution < 1.29 is 19.7 Å². The highest BCUT2D eigenvalue weighted by Gasteiger charge is 2.15. The van der Waals surface area contributed by atoms with Crippen LogP contribution in [0.3, 0.4) is 0 Å². The zero-order chi connectivity index (χ0) is 17.1. The molecule has 0 aliphatic heterocycles. The molecule has 0 bridgehead atoms. The van der Waals surface area contributed by atoms with Gasteiger partial charge in [0.05, 0.1) is 7.11 Å². The third-order valence-electron chi connectivity index (χ3n) is 3.90. The van der Waals surface area contributed by atoms with Crippen LogP contribution in [-0.2, 0) is 6.42 Å². The SMILES string of the molecule is COc1ccc2[nH]cc(CCNC(=O)c3c(O)cccc3O)c2c1. The van der Waals surface area contributed by atoms with Crippen molar-refractivity contribution in [1.29, 1.82) is 0 Å². The Morgan fingerprint density at radius 3 is 2.67 bits per heavy atom. The van der Waals surface area contributed by atoms with Crippen molar-refractivity contribution in [3.05, 3.63) is 53.7 Å². The number of phenolic OH excluding ortho intramolecular Hbond substituents is 2. The summed E-state index contributed by atoms with van der Waals surface area (Å²) in [7, 11) is 1.62. The molecule has 0 spiro atoms. The van der Waals surface area contributed by atoms with Crippen LogP contribution < -0.4 is 10.1 Å². The second-order valence-electron chi connectivity index (χ2n) is 5.40. The van der Waals surface area contributed by atoms with Crippen molar-refractivity contribution in [2.45, 2.75) is 6.42 Å². The molecular formula is C18H18N2O4. The lowest BCUT2D eigenvalue weighted by molar-refractivity contribution is 0.0948. The van der Waals surface area contributed by atoms with E-state index in [1.807, 2.05) is 24.4 Å². The van der Waals surface area contributed by atoms with Crippen LogP contribution in [0.2, 0.25) is 0 Å². The Kier molecular flexibility index (Phi) is 4.29. The lowest BCUT2D eigenvalue weighted by atomic mass is 10.1. The standard InChI is InChI=1S/C18H18N2O4/c1-24-12-5-6-14-13(9-12)11(10-20-14)7-8-19-18(23)17-15(21)3-2-4-16(17)22/h2-6,9-10,20-22H,7-8H2,1H3,(H,19,23). The summed E-state index contributed by atoms with van der Waals surface area (Å²) >= 11 is 0. The number of carbonyl (C=O) groups is 1. The molecule has 24 heavy (non-hydrogen) atoms. The fraction of sp³-hybridized carbons (Fsp3) is 0.167. The predicted octanol–water partition coefficient (Wildman–Crippen LogP) is 2.56. The Labute approximate surface area is 138 Å². The molecule has 1 aromatic heterocycles. The van der Waals surface area contributed by atoms with Crippen LogP contribution in [0.4, 0.5) is 0 Å². The molecule has 2 aromatic carbocycles. The van der Waals surface area contributed by atoms with Crippen molar-refractivity contribution in [2.75, 3.05) is 13.7 Å². The van der Waals surface area contributed by atoms with Crippen LogP contribution in [0, 0.1) is 0 Å². The van der Waals surface area contributed by atoms with Crippen molar-refractivity contribution in [3.63, 3.8) is 0 Å². The van der Waals surface area contributed by atoms with E-state index in [-0.39, 0.29) is 17.1 Å². The second kappa shape index (κ2) is 6.54. The van der Waals surface area contributed by atoms with Gasteiger partial charge in [-0.05, 0) is 42.3 Å². The zero-order valence-corrected chi connectivity index (χ0v) is 13.2. The van der Waals surface area contributed by atoms with Crippen molar-refractivity contribution in [3.8, 4) is 17.2 Å². The minimum atomic E-state index is -0.511. The highest BCUT2D eigenvalue weighted by atomic mass is 16.5. The number of aromatic nitrogens is 1. The number of phenols is 2. The van der Waals surface area contributed by atoms with Gasteiger partial charge in [-0.25, -0.2) is 0 Å². The van der Waals surface area contributed by atoms with Gasteiger partial charge in [-0.2, -0.15) is 0 Å². The Bertz CT molecular complexity index is 866. The molecule has 0 fully saturated rings. The minimum absolute atomic E-state index is 0.113. The lowest BCUT2D eigenvalue weighted by Crippen LogP contribution is -2.25. The molecule has 6 nitrogen and oxygen atoms in total. The van der Waals surface area contributed by atoms with Crippen molar-refractivity contribution in [1.82, 2.24) is 10.3 Å². The molecule has 6 heteroatoms. The van der Waals surface area contributed by atoms with Gasteiger partial charge >= 0.3 is 0 Å². The number of fused-ring (bicyclic) bond motifs is 1. The highest BCUT2D eigenvalue weighted by molar-refractivity contribution is 5.99. The van der Waals surface area contributed by atoms with E-state index in [1.165, 1.54) is 18.2 Å². The van der Waals surface area contributed by atoms with Crippen LogP contribution >= 0.6 is 0 Å². The van der Waals surface area contributed by atoms with Crippen LogP contribution in [0.1, 0.15) is 15.9 Å². The average Bonchev–Trinajstić information content (AvgIpc) is 2.97. The largest absolute Gasteiger partial charge is 0.507 e. The van der Waals surface area contributed by atoms with Gasteiger partial charge in [0.15, 0.2) is 0 Å². The Morgan fingerprint density at radius 2 is 1.96 bits per heavy atom. The number of methoxy groups -OCH3 is 1. The summed E-state index contributed by atoms with van der Waals surface area (Å²) in [5.74, 6) is -0.233. The number of amides is 1. The number of ether oxygens (including phenoxy) is 1. The van der Waals surface area contributed by atoms with Crippen molar-refractivity contribution in [2.24, 2.45) is 0 Å². The van der Waals surface area contributed by atoms with Gasteiger partial charge in [-0.1, -0.05) is 6.07 Å². The third-order valence-corrected chi connectivity index (χ3v) is 3.90. The number of rotatable bonds is 5. The smallest absolute Gasteiger partial charge is 0.258 e. The molecule has 3 aromatic rings. The van der Waals surface area contributed by atoms with Gasteiger partial charge in [0.1, 0.15) is 22.8 Å². The number of nitrogens with one attached hydrogen (secondary N) is 2. The molecule has 0 saturated carbocycles. The molecule has 0 aliphatic carbocycles. The molecule has 0 aliphatic rings. The Balaban J connectivity index is 1.69. The van der Waals surface area contributed by atoms with Crippen LogP contribution in [0.5, 0.6) is 17.2 Å². The van der Waals surface area contributed by atoms with Gasteiger partial charge in [0, 0.05) is 23.6 Å². The summed E-state index contributed by atoms with van der Waals surface area (Å²) in [6.45, 7) is 0.372. The first kappa shape index (κ1) is 15.7. The number of H-pyrrole nitrogens is 1. The van der Waals surface area contributed by atoms with E-state index in [9.17, 15) is 15.0 Å². The average molecular weight is 326 g/mol. The van der Waals surface area contributed by atoms with E-state index in [0.717, 1.165) is 22.2 Å². The maximum Gasteiger partial charge on any atom is 0.258 e. The zero-order valence-electron chi connectivity index (χ0n) is 13.2. The summed E-state index contributed by atoms with van der Waals surface area (Å²) < 4.78 is 5.23. The van der Waals surface area contributed by atoms with Gasteiger partial charge in [-0.15, -0.1) is 0 Å². The number of benzene rings is 2. The number of hydrogen-bond acceptors (Lipinski definition) is 4. The molecule has 0 radical (unpaired) electrons. The Hall–Kier alpha value is -3.15. The minimum Gasteiger partial charge on any atom is -0.507 e. The predicted molar refractivity (Wildman–Crippen MR) is 90.7 cm³/mol. The van der Waals surface area contributed by atoms with E-state index < -0.39 is 5.91 Å². The molecule has 0 unspecified atom stereocenters. The highest BCUT2D eigenvalue weighted by Crippen LogP contribution is 2.26. The summed E-state index contributed by atoms with van der Waals surface area (Å²) in [5.41, 5.74) is 1.93. The molecule has 0 atom stereocenters. The molecule has 0 saturated heterocycles. The van der Waals surface area contributed by atoms with Gasteiger partial charge < -0.3 is 25.3 Å². The molecule has 1 heterocycles. The van der Waals surface area contributed by atoms with Crippen LogP contribution in [0.15, 0.2) is 42.6 Å². The molecule has 4 N–H and O–H groups in total. The molecule has 124 valence electrons. The first-order chi connectivity index (χ1) is 11.6. The second-order valence-corrected chi connectivity index (χ2v) is 5.40. The van der Waals surface area contributed by atoms with E-state index in [2.05, 4.69) is 10.3 Å². The number of hydrogen-bond donors (Lipinski definition) is 4. The fourth-order valence-electron chi connectivity index (χ4n) is 2.65. The quantitative estimate of drug-likeness (QED) is 0.579. The number of aromatic hydroxyl groups is 2. The number of carbonyl (C=O) groups excluding carboxylic acids is 1. The normalized spacial score (nSPS) is 10.7. The first-order valence-corrected chi connectivity index (χ1v) is 7.53. The van der Waals surface area contributed by atoms with E-state index >= 15 is 0 Å². The lowest BCUT2D eigenvalue weighted by Gasteiger charge is -2.08. The summed E-state index contributed by atoms with van der Waals surface area (Å²) in [6, 6.07) is 9.96. The maximum atomic E-state index is 12.1. The summed E-state index contributed by atoms with van der Waals surface area (Å²) in [5, 5.41) is 23.2. The topological polar surface area (TPSA) is 94.6 Å². The van der Waals surface area contributed by atoms with E-state index in [4.69, 9.17) is 4.74 Å². The molecular weight excluding hydrogens is 308 g/mol. The van der Waals surface area contributed by atoms with E-state index in [0.29, 0.717) is 13.0 Å². The third kappa shape index (κ3) is 2.99. The van der Waals surface area contributed by atoms with Gasteiger partial charge in [-0.3, -0.25) is 4.79 Å². The van der Waals surface area contributed by atoms with Gasteiger partial charge in [0.25, 0.3) is 5.91 Å². The monoisotopic (exact) mass is 326 g/mol. The Morgan fingerprint density at radius 1 is 1.21 bits per heavy atom. The number of aromatic amines is 1. The van der Waals surface area contributed by atoms with E-state index in [1.54, 1.807) is 7.11 Å². The van der Waals surface area contributed by atoms with Crippen LogP contribution in [-0.4, -0.2) is 34.8 Å². The fourth-order valence-corrected chi connectivity index (χ4v) is 2.65. The van der Waals surface area contributed by atoms with Crippen molar-refractivity contribution >= 4 is 16.8 Å². The maximum absolute atomic E-state index is 12.1.